The van der Waals surface area contributed by atoms with E-state index in [9.17, 15) is 4.79 Å². The maximum atomic E-state index is 13.2. The van der Waals surface area contributed by atoms with E-state index in [2.05, 4.69) is 20.9 Å². The van der Waals surface area contributed by atoms with Crippen molar-refractivity contribution in [3.05, 3.63) is 95.3 Å². The first-order valence-electron chi connectivity index (χ1n) is 10.5. The topological polar surface area (TPSA) is 85.8 Å². The van der Waals surface area contributed by atoms with Gasteiger partial charge in [-0.2, -0.15) is 0 Å². The number of allylic oxidation sites excluding steroid dienone is 1. The van der Waals surface area contributed by atoms with E-state index in [1.54, 1.807) is 19.4 Å². The third kappa shape index (κ3) is 5.30. The molecule has 1 aliphatic rings. The number of carbonyl (C=O) groups is 1. The van der Waals surface area contributed by atoms with Gasteiger partial charge in [-0.05, 0) is 48.5 Å². The van der Waals surface area contributed by atoms with Crippen LogP contribution in [-0.4, -0.2) is 18.1 Å². The van der Waals surface area contributed by atoms with E-state index in [0.29, 0.717) is 40.3 Å². The van der Waals surface area contributed by atoms with Crippen molar-refractivity contribution in [2.45, 2.75) is 19.6 Å². The summed E-state index contributed by atoms with van der Waals surface area (Å²) >= 11 is 5.36. The van der Waals surface area contributed by atoms with Crippen LogP contribution in [0.3, 0.4) is 0 Å². The number of aromatic amines is 1. The van der Waals surface area contributed by atoms with Gasteiger partial charge in [0.25, 0.3) is 5.82 Å². The summed E-state index contributed by atoms with van der Waals surface area (Å²) in [5, 5.41) is 9.60. The predicted molar refractivity (Wildman–Crippen MR) is 130 cm³/mol. The maximum absolute atomic E-state index is 13.2. The molecule has 168 valence electrons. The number of pyridine rings is 1. The van der Waals surface area contributed by atoms with Gasteiger partial charge in [-0.25, -0.2) is 15.1 Å². The molecule has 0 saturated heterocycles. The molecular formula is C25H25N4O3S+. The minimum Gasteiger partial charge on any atom is -0.493 e. The molecule has 4 N–H and O–H groups in total. The fourth-order valence-electron chi connectivity index (χ4n) is 3.62. The summed E-state index contributed by atoms with van der Waals surface area (Å²) in [7, 11) is 1.59. The van der Waals surface area contributed by atoms with Gasteiger partial charge in [-0.3, -0.25) is 0 Å². The van der Waals surface area contributed by atoms with Crippen molar-refractivity contribution in [1.29, 1.82) is 0 Å². The lowest BCUT2D eigenvalue weighted by Crippen LogP contribution is -2.46. The number of hydrogen-bond donors (Lipinski definition) is 3. The quantitative estimate of drug-likeness (QED) is 0.467. The van der Waals surface area contributed by atoms with Crippen molar-refractivity contribution in [3.63, 3.8) is 0 Å². The standard InChI is InChI=1S/C25H24N4O3S/c1-16-22(24(30)28-21-10-6-7-13-26-21)23(29-25(33)27-16)18-11-12-19(20(14-18)31-2)32-15-17-8-4-3-5-9-17/h3-14,23H,15H2,1-2H3,(H,26,28,30)(H2,27,29,33)/p+1. The van der Waals surface area contributed by atoms with Gasteiger partial charge in [0.15, 0.2) is 16.6 Å². The molecular weight excluding hydrogens is 436 g/mol. The van der Waals surface area contributed by atoms with Crippen molar-refractivity contribution in [3.8, 4) is 11.5 Å². The molecule has 4 rings (SSSR count). The van der Waals surface area contributed by atoms with E-state index < -0.39 is 6.04 Å². The lowest BCUT2D eigenvalue weighted by Gasteiger charge is -2.29. The zero-order valence-electron chi connectivity index (χ0n) is 18.3. The van der Waals surface area contributed by atoms with E-state index in [0.717, 1.165) is 11.1 Å². The molecule has 0 radical (unpaired) electrons. The number of rotatable bonds is 7. The Bertz CT molecular complexity index is 1180. The molecule has 0 bridgehead atoms. The average molecular weight is 462 g/mol. The first kappa shape index (κ1) is 22.3. The number of amides is 1. The van der Waals surface area contributed by atoms with Gasteiger partial charge in [0.05, 0.1) is 24.9 Å². The van der Waals surface area contributed by atoms with Crippen molar-refractivity contribution in [1.82, 2.24) is 10.6 Å². The Labute approximate surface area is 197 Å². The highest BCUT2D eigenvalue weighted by Crippen LogP contribution is 2.35. The number of aromatic nitrogens is 1. The molecule has 2 aromatic carbocycles. The molecule has 0 spiro atoms. The summed E-state index contributed by atoms with van der Waals surface area (Å²) in [6.45, 7) is 2.25. The van der Waals surface area contributed by atoms with Crippen LogP contribution >= 0.6 is 12.2 Å². The van der Waals surface area contributed by atoms with Crippen LogP contribution in [0.4, 0.5) is 5.82 Å². The summed E-state index contributed by atoms with van der Waals surface area (Å²) in [6.07, 6.45) is 1.75. The predicted octanol–water partition coefficient (Wildman–Crippen LogP) is 3.52. The first-order chi connectivity index (χ1) is 16.0. The maximum Gasteiger partial charge on any atom is 0.339 e. The van der Waals surface area contributed by atoms with Gasteiger partial charge in [0.1, 0.15) is 6.61 Å². The third-order valence-electron chi connectivity index (χ3n) is 5.23. The fourth-order valence-corrected chi connectivity index (χ4v) is 3.89. The van der Waals surface area contributed by atoms with E-state index in [1.807, 2.05) is 67.6 Å². The molecule has 0 fully saturated rings. The van der Waals surface area contributed by atoms with Crippen LogP contribution in [0.1, 0.15) is 24.1 Å². The first-order valence-corrected chi connectivity index (χ1v) is 10.9. The molecule has 0 saturated carbocycles. The molecule has 1 aromatic heterocycles. The highest BCUT2D eigenvalue weighted by molar-refractivity contribution is 7.80. The number of thiocarbonyl (C=S) groups is 1. The second kappa shape index (κ2) is 10.1. The van der Waals surface area contributed by atoms with Crippen molar-refractivity contribution in [2.75, 3.05) is 12.4 Å². The van der Waals surface area contributed by atoms with E-state index >= 15 is 0 Å². The molecule has 2 heterocycles. The van der Waals surface area contributed by atoms with Crippen LogP contribution in [0.2, 0.25) is 0 Å². The van der Waals surface area contributed by atoms with E-state index in [-0.39, 0.29) is 5.91 Å². The Morgan fingerprint density at radius 3 is 2.61 bits per heavy atom. The second-order valence-electron chi connectivity index (χ2n) is 7.49. The second-order valence-corrected chi connectivity index (χ2v) is 7.89. The third-order valence-corrected chi connectivity index (χ3v) is 5.45. The summed E-state index contributed by atoms with van der Waals surface area (Å²) in [5.41, 5.74) is 3.09. The minimum absolute atomic E-state index is 0.245. The van der Waals surface area contributed by atoms with Crippen molar-refractivity contribution < 1.29 is 19.3 Å². The number of benzene rings is 2. The SMILES string of the molecule is COc1cc(C2NC(=S)NC(C)=C2C(=O)Nc2cccc[nH+]2)ccc1OCc1ccccc1. The molecule has 8 heteroatoms. The monoisotopic (exact) mass is 461 g/mol. The van der Waals surface area contributed by atoms with E-state index in [4.69, 9.17) is 21.7 Å². The molecule has 1 aliphatic heterocycles. The van der Waals surface area contributed by atoms with E-state index in [1.165, 1.54) is 0 Å². The molecule has 1 atom stereocenters. The largest absolute Gasteiger partial charge is 0.493 e. The number of anilines is 1. The molecule has 3 aromatic rings. The normalized spacial score (nSPS) is 15.3. The van der Waals surface area contributed by atoms with Gasteiger partial charge in [0, 0.05) is 11.8 Å². The van der Waals surface area contributed by atoms with Crippen LogP contribution < -0.4 is 30.4 Å². The number of hydrogen-bond acceptors (Lipinski definition) is 4. The van der Waals surface area contributed by atoms with Crippen LogP contribution in [0.5, 0.6) is 11.5 Å². The number of carbonyl (C=O) groups excluding carboxylic acids is 1. The Kier molecular flexibility index (Phi) is 6.85. The van der Waals surface area contributed by atoms with Gasteiger partial charge in [-0.15, -0.1) is 0 Å². The van der Waals surface area contributed by atoms with Gasteiger partial charge < -0.3 is 20.1 Å². The number of nitrogens with one attached hydrogen (secondary N) is 4. The summed E-state index contributed by atoms with van der Waals surface area (Å²) < 4.78 is 11.6. The highest BCUT2D eigenvalue weighted by atomic mass is 32.1. The minimum atomic E-state index is -0.459. The number of methoxy groups -OCH3 is 1. The molecule has 1 amide bonds. The Hall–Kier alpha value is -3.91. The van der Waals surface area contributed by atoms with Crippen LogP contribution in [0.25, 0.3) is 0 Å². The Morgan fingerprint density at radius 2 is 1.88 bits per heavy atom. The lowest BCUT2D eigenvalue weighted by molar-refractivity contribution is -0.360. The van der Waals surface area contributed by atoms with Crippen LogP contribution in [0, 0.1) is 0 Å². The summed E-state index contributed by atoms with van der Waals surface area (Å²) in [6, 6.07) is 20.6. The zero-order valence-corrected chi connectivity index (χ0v) is 19.2. The zero-order chi connectivity index (χ0) is 23.2. The Balaban J connectivity index is 1.60. The number of H-pyrrole nitrogens is 1. The smallest absolute Gasteiger partial charge is 0.339 e. The molecule has 7 nitrogen and oxygen atoms in total. The van der Waals surface area contributed by atoms with Crippen molar-refractivity contribution >= 4 is 29.1 Å². The van der Waals surface area contributed by atoms with Crippen molar-refractivity contribution in [2.24, 2.45) is 0 Å². The molecule has 0 aliphatic carbocycles. The summed E-state index contributed by atoms with van der Waals surface area (Å²) in [5.74, 6) is 1.54. The van der Waals surface area contributed by atoms with Crippen LogP contribution in [-0.2, 0) is 11.4 Å². The summed E-state index contributed by atoms with van der Waals surface area (Å²) in [4.78, 5) is 16.2. The fraction of sp³-hybridized carbons (Fsp3) is 0.160. The van der Waals surface area contributed by atoms with Gasteiger partial charge in [-0.1, -0.05) is 42.5 Å². The molecule has 1 unspecified atom stereocenters. The highest BCUT2D eigenvalue weighted by Gasteiger charge is 2.33. The lowest BCUT2D eigenvalue weighted by atomic mass is 9.94. The average Bonchev–Trinajstić information content (AvgIpc) is 2.83. The Morgan fingerprint density at radius 1 is 1.09 bits per heavy atom. The number of ether oxygens (including phenoxy) is 2. The van der Waals surface area contributed by atoms with Gasteiger partial charge >= 0.3 is 5.91 Å². The molecule has 33 heavy (non-hydrogen) atoms. The van der Waals surface area contributed by atoms with Crippen LogP contribution in [0.15, 0.2) is 84.2 Å². The van der Waals surface area contributed by atoms with Gasteiger partial charge in [0.2, 0.25) is 0 Å².